The van der Waals surface area contributed by atoms with Crippen molar-refractivity contribution >= 4 is 27.5 Å². The maximum Gasteiger partial charge on any atom is 0.244 e. The summed E-state index contributed by atoms with van der Waals surface area (Å²) in [5.41, 5.74) is 0.427. The van der Waals surface area contributed by atoms with Crippen molar-refractivity contribution in [2.45, 2.75) is 33.4 Å². The van der Waals surface area contributed by atoms with Crippen LogP contribution >= 0.6 is 0 Å². The van der Waals surface area contributed by atoms with Crippen LogP contribution in [0, 0.1) is 5.82 Å². The molecule has 1 heterocycles. The summed E-state index contributed by atoms with van der Waals surface area (Å²) in [6, 6.07) is 9.52. The van der Waals surface area contributed by atoms with E-state index in [-0.39, 0.29) is 30.3 Å². The van der Waals surface area contributed by atoms with Crippen molar-refractivity contribution in [1.82, 2.24) is 10.2 Å². The molecule has 34 heavy (non-hydrogen) atoms. The van der Waals surface area contributed by atoms with E-state index in [9.17, 15) is 22.4 Å². The Kier molecular flexibility index (Phi) is 7.98. The molecule has 9 nitrogen and oxygen atoms in total. The van der Waals surface area contributed by atoms with Crippen molar-refractivity contribution in [3.63, 3.8) is 0 Å². The average Bonchev–Trinajstić information content (AvgIpc) is 3.29. The topological polar surface area (TPSA) is 105 Å². The van der Waals surface area contributed by atoms with Crippen LogP contribution in [-0.2, 0) is 26.2 Å². The lowest BCUT2D eigenvalue weighted by Crippen LogP contribution is -2.51. The third kappa shape index (κ3) is 5.58. The number of hydrogen-bond donors (Lipinski definition) is 1. The molecule has 2 aromatic rings. The molecule has 2 aromatic carbocycles. The highest BCUT2D eigenvalue weighted by molar-refractivity contribution is 7.92. The molecule has 0 aromatic heterocycles. The van der Waals surface area contributed by atoms with Crippen LogP contribution in [0.4, 0.5) is 10.1 Å². The van der Waals surface area contributed by atoms with Crippen molar-refractivity contribution in [2.75, 3.05) is 29.9 Å². The minimum absolute atomic E-state index is 0.0126. The zero-order chi connectivity index (χ0) is 24.9. The Morgan fingerprint density at radius 1 is 1.12 bits per heavy atom. The second-order valence-electron chi connectivity index (χ2n) is 7.63. The van der Waals surface area contributed by atoms with E-state index < -0.39 is 40.2 Å². The Balaban J connectivity index is 1.95. The molecule has 1 aliphatic heterocycles. The van der Waals surface area contributed by atoms with Gasteiger partial charge in [-0.15, -0.1) is 0 Å². The van der Waals surface area contributed by atoms with Gasteiger partial charge in [-0.25, -0.2) is 12.8 Å². The first-order valence-electron chi connectivity index (χ1n) is 10.9. The number of carbonyl (C=O) groups is 2. The number of amides is 2. The molecule has 3 rings (SSSR count). The normalized spacial score (nSPS) is 13.3. The van der Waals surface area contributed by atoms with Gasteiger partial charge in [0.15, 0.2) is 11.5 Å². The molecular formula is C23H28FN3O6S. The van der Waals surface area contributed by atoms with Gasteiger partial charge in [-0.1, -0.05) is 18.2 Å². The van der Waals surface area contributed by atoms with Crippen molar-refractivity contribution in [3.8, 4) is 11.5 Å². The van der Waals surface area contributed by atoms with Gasteiger partial charge < -0.3 is 19.7 Å². The van der Waals surface area contributed by atoms with Gasteiger partial charge in [-0.3, -0.25) is 13.9 Å². The average molecular weight is 494 g/mol. The Labute approximate surface area is 198 Å². The Hall–Kier alpha value is -3.34. The van der Waals surface area contributed by atoms with Crippen LogP contribution in [0.1, 0.15) is 26.3 Å². The minimum atomic E-state index is -3.88. The van der Waals surface area contributed by atoms with Crippen molar-refractivity contribution in [3.05, 3.63) is 53.8 Å². The summed E-state index contributed by atoms with van der Waals surface area (Å²) in [7, 11) is -3.88. The van der Waals surface area contributed by atoms with Gasteiger partial charge in [-0.2, -0.15) is 0 Å². The molecule has 2 amide bonds. The van der Waals surface area contributed by atoms with E-state index in [1.807, 2.05) is 0 Å². The maximum atomic E-state index is 14.4. The quantitative estimate of drug-likeness (QED) is 0.544. The number of anilines is 1. The van der Waals surface area contributed by atoms with Crippen molar-refractivity contribution < 1.29 is 31.9 Å². The maximum absolute atomic E-state index is 14.4. The van der Waals surface area contributed by atoms with E-state index >= 15 is 0 Å². The number of halogens is 1. The highest BCUT2D eigenvalue weighted by Crippen LogP contribution is 2.36. The summed E-state index contributed by atoms with van der Waals surface area (Å²) in [6.07, 6.45) is 0. The summed E-state index contributed by atoms with van der Waals surface area (Å²) >= 11 is 0. The van der Waals surface area contributed by atoms with E-state index in [4.69, 9.17) is 9.47 Å². The van der Waals surface area contributed by atoms with Crippen LogP contribution in [-0.4, -0.2) is 56.8 Å². The van der Waals surface area contributed by atoms with E-state index in [1.54, 1.807) is 19.1 Å². The summed E-state index contributed by atoms with van der Waals surface area (Å²) in [6.45, 7) is 4.30. The third-order valence-corrected chi connectivity index (χ3v) is 7.18. The van der Waals surface area contributed by atoms with Crippen LogP contribution in [0.5, 0.6) is 11.5 Å². The fraction of sp³-hybridized carbons (Fsp3) is 0.391. The number of rotatable bonds is 10. The van der Waals surface area contributed by atoms with Gasteiger partial charge in [0.1, 0.15) is 18.4 Å². The summed E-state index contributed by atoms with van der Waals surface area (Å²) < 4.78 is 51.8. The summed E-state index contributed by atoms with van der Waals surface area (Å²) in [5, 5.41) is 2.65. The van der Waals surface area contributed by atoms with Crippen LogP contribution in [0.15, 0.2) is 42.5 Å². The van der Waals surface area contributed by atoms with E-state index in [1.165, 1.54) is 49.1 Å². The van der Waals surface area contributed by atoms with Gasteiger partial charge >= 0.3 is 0 Å². The first-order valence-corrected chi connectivity index (χ1v) is 12.5. The number of carbonyl (C=O) groups excluding carboxylic acids is 2. The molecule has 0 unspecified atom stereocenters. The first kappa shape index (κ1) is 25.3. The third-order valence-electron chi connectivity index (χ3n) is 5.44. The fourth-order valence-corrected chi connectivity index (χ4v) is 4.53. The first-order chi connectivity index (χ1) is 16.2. The predicted molar refractivity (Wildman–Crippen MR) is 124 cm³/mol. The van der Waals surface area contributed by atoms with Gasteiger partial charge in [0.25, 0.3) is 0 Å². The lowest BCUT2D eigenvalue weighted by Gasteiger charge is -2.31. The van der Waals surface area contributed by atoms with Gasteiger partial charge in [0.05, 0.1) is 11.4 Å². The van der Waals surface area contributed by atoms with Crippen LogP contribution in [0.2, 0.25) is 0 Å². The Morgan fingerprint density at radius 3 is 2.50 bits per heavy atom. The number of benzene rings is 2. The van der Waals surface area contributed by atoms with Crippen LogP contribution in [0.25, 0.3) is 0 Å². The number of fused-ring (bicyclic) bond motifs is 1. The molecular weight excluding hydrogens is 465 g/mol. The zero-order valence-corrected chi connectivity index (χ0v) is 20.1. The molecule has 1 aliphatic rings. The van der Waals surface area contributed by atoms with E-state index in [0.717, 1.165) is 4.31 Å². The molecule has 0 fully saturated rings. The standard InChI is InChI=1S/C23H28FN3O6S/c1-4-25-23(29)16(3)26(13-17-8-6-7-9-19(17)24)22(28)14-27(34(30,31)5-2)18-10-11-20-21(12-18)33-15-32-20/h6-12,16H,4-5,13-15H2,1-3H3,(H,25,29)/t16-/m0/s1. The summed E-state index contributed by atoms with van der Waals surface area (Å²) in [4.78, 5) is 27.2. The molecule has 0 radical (unpaired) electrons. The van der Waals surface area contributed by atoms with Crippen molar-refractivity contribution in [1.29, 1.82) is 0 Å². The van der Waals surface area contributed by atoms with Gasteiger partial charge in [0.2, 0.25) is 28.6 Å². The Morgan fingerprint density at radius 2 is 1.82 bits per heavy atom. The predicted octanol–water partition coefficient (Wildman–Crippen LogP) is 2.26. The number of likely N-dealkylation sites (N-methyl/N-ethyl adjacent to an activating group) is 1. The molecule has 11 heteroatoms. The molecule has 0 saturated heterocycles. The second-order valence-corrected chi connectivity index (χ2v) is 9.81. The second kappa shape index (κ2) is 10.7. The highest BCUT2D eigenvalue weighted by atomic mass is 32.2. The molecule has 1 atom stereocenters. The Bertz CT molecular complexity index is 1160. The lowest BCUT2D eigenvalue weighted by molar-refractivity contribution is -0.139. The molecule has 1 N–H and O–H groups in total. The van der Waals surface area contributed by atoms with Crippen molar-refractivity contribution in [2.24, 2.45) is 0 Å². The molecule has 0 aliphatic carbocycles. The zero-order valence-electron chi connectivity index (χ0n) is 19.3. The lowest BCUT2D eigenvalue weighted by atomic mass is 10.1. The van der Waals surface area contributed by atoms with Gasteiger partial charge in [-0.05, 0) is 39.0 Å². The smallest absolute Gasteiger partial charge is 0.244 e. The largest absolute Gasteiger partial charge is 0.454 e. The molecule has 0 bridgehead atoms. The number of ether oxygens (including phenoxy) is 2. The number of sulfonamides is 1. The van der Waals surface area contributed by atoms with Crippen LogP contribution in [0.3, 0.4) is 0 Å². The van der Waals surface area contributed by atoms with E-state index in [0.29, 0.717) is 18.0 Å². The SMILES string of the molecule is CCNC(=O)[C@H](C)N(Cc1ccccc1F)C(=O)CN(c1ccc2c(c1)OCO2)S(=O)(=O)CC. The number of nitrogens with one attached hydrogen (secondary N) is 1. The molecule has 184 valence electrons. The number of nitrogens with zero attached hydrogens (tertiary/aromatic N) is 2. The minimum Gasteiger partial charge on any atom is -0.454 e. The number of hydrogen-bond acceptors (Lipinski definition) is 6. The molecule has 0 saturated carbocycles. The van der Waals surface area contributed by atoms with Gasteiger partial charge in [0, 0.05) is 24.7 Å². The highest BCUT2D eigenvalue weighted by Gasteiger charge is 2.32. The van der Waals surface area contributed by atoms with E-state index in [2.05, 4.69) is 5.32 Å². The summed E-state index contributed by atoms with van der Waals surface area (Å²) in [5.74, 6) is -1.04. The monoisotopic (exact) mass is 493 g/mol. The fourth-order valence-electron chi connectivity index (χ4n) is 3.47. The molecule has 0 spiro atoms. The van der Waals surface area contributed by atoms with Crippen LogP contribution < -0.4 is 19.1 Å².